The van der Waals surface area contributed by atoms with Crippen LogP contribution in [0.25, 0.3) is 0 Å². The summed E-state index contributed by atoms with van der Waals surface area (Å²) in [6.07, 6.45) is 3.87. The van der Waals surface area contributed by atoms with Crippen LogP contribution in [0.3, 0.4) is 0 Å². The van der Waals surface area contributed by atoms with Crippen molar-refractivity contribution in [2.24, 2.45) is 17.1 Å². The molecule has 1 fully saturated rings. The number of nitrogens with two attached hydrogens (primary N) is 1. The largest absolute Gasteiger partial charge is 0.384 e. The molecule has 3 heteroatoms. The second-order valence-electron chi connectivity index (χ2n) is 5.92. The van der Waals surface area contributed by atoms with E-state index in [1.165, 1.54) is 32.4 Å². The van der Waals surface area contributed by atoms with Crippen molar-refractivity contribution >= 4 is 0 Å². The number of hydrogen-bond acceptors (Lipinski definition) is 3. The van der Waals surface area contributed by atoms with Gasteiger partial charge in [-0.3, -0.25) is 0 Å². The summed E-state index contributed by atoms with van der Waals surface area (Å²) in [6.45, 7) is 9.84. The average molecular weight is 228 g/mol. The van der Waals surface area contributed by atoms with Gasteiger partial charge in [0.1, 0.15) is 0 Å². The maximum Gasteiger partial charge on any atom is 0.0525 e. The van der Waals surface area contributed by atoms with Gasteiger partial charge < -0.3 is 15.4 Å². The predicted octanol–water partition coefficient (Wildman–Crippen LogP) is 1.72. The van der Waals surface area contributed by atoms with Crippen LogP contribution in [-0.4, -0.2) is 44.8 Å². The van der Waals surface area contributed by atoms with Crippen LogP contribution in [0.5, 0.6) is 0 Å². The molecule has 0 radical (unpaired) electrons. The number of rotatable bonds is 6. The summed E-state index contributed by atoms with van der Waals surface area (Å²) in [6, 6.07) is 0. The quantitative estimate of drug-likeness (QED) is 0.752. The summed E-state index contributed by atoms with van der Waals surface area (Å²) < 4.78 is 5.28. The Hall–Kier alpha value is -0.120. The summed E-state index contributed by atoms with van der Waals surface area (Å²) in [5, 5.41) is 0. The van der Waals surface area contributed by atoms with Gasteiger partial charge in [-0.1, -0.05) is 13.8 Å². The second-order valence-corrected chi connectivity index (χ2v) is 5.92. The number of nitrogens with zero attached hydrogens (tertiary/aromatic N) is 1. The van der Waals surface area contributed by atoms with Crippen molar-refractivity contribution in [3.8, 4) is 0 Å². The molecular formula is C13H28N2O. The zero-order valence-electron chi connectivity index (χ0n) is 11.2. The summed E-state index contributed by atoms with van der Waals surface area (Å²) in [5.41, 5.74) is 5.90. The van der Waals surface area contributed by atoms with E-state index in [-0.39, 0.29) is 5.41 Å². The summed E-state index contributed by atoms with van der Waals surface area (Å²) >= 11 is 0. The summed E-state index contributed by atoms with van der Waals surface area (Å²) in [7, 11) is 1.79. The van der Waals surface area contributed by atoms with E-state index in [1.54, 1.807) is 7.11 Å². The van der Waals surface area contributed by atoms with Gasteiger partial charge in [0.25, 0.3) is 0 Å². The van der Waals surface area contributed by atoms with Gasteiger partial charge in [-0.15, -0.1) is 0 Å². The molecule has 16 heavy (non-hydrogen) atoms. The first-order valence-electron chi connectivity index (χ1n) is 6.49. The smallest absolute Gasteiger partial charge is 0.0525 e. The Bertz CT molecular complexity index is 192. The van der Waals surface area contributed by atoms with Crippen molar-refractivity contribution in [2.45, 2.75) is 33.1 Å². The standard InChI is InChI=1S/C13H28N2O/c1-13(2,11-16-3)10-15-8-4-5-12(9-15)6-7-14/h12H,4-11,14H2,1-3H3. The minimum absolute atomic E-state index is 0.263. The van der Waals surface area contributed by atoms with Crippen LogP contribution >= 0.6 is 0 Å². The van der Waals surface area contributed by atoms with Crippen LogP contribution < -0.4 is 5.73 Å². The lowest BCUT2D eigenvalue weighted by Gasteiger charge is -2.37. The van der Waals surface area contributed by atoms with Gasteiger partial charge in [0, 0.05) is 25.6 Å². The van der Waals surface area contributed by atoms with E-state index < -0.39 is 0 Å². The lowest BCUT2D eigenvalue weighted by molar-refractivity contribution is 0.0528. The molecule has 1 unspecified atom stereocenters. The third-order valence-corrected chi connectivity index (χ3v) is 3.36. The third kappa shape index (κ3) is 4.81. The molecule has 0 amide bonds. The SMILES string of the molecule is COCC(C)(C)CN1CCCC(CCN)C1. The van der Waals surface area contributed by atoms with Gasteiger partial charge >= 0.3 is 0 Å². The van der Waals surface area contributed by atoms with Gasteiger partial charge in [0.15, 0.2) is 0 Å². The number of ether oxygens (including phenoxy) is 1. The van der Waals surface area contributed by atoms with Crippen molar-refractivity contribution in [3.05, 3.63) is 0 Å². The predicted molar refractivity (Wildman–Crippen MR) is 68.5 cm³/mol. The average Bonchev–Trinajstić information content (AvgIpc) is 2.17. The van der Waals surface area contributed by atoms with E-state index in [9.17, 15) is 0 Å². The highest BCUT2D eigenvalue weighted by Crippen LogP contribution is 2.24. The Morgan fingerprint density at radius 3 is 2.81 bits per heavy atom. The number of methoxy groups -OCH3 is 1. The molecule has 1 heterocycles. The zero-order valence-corrected chi connectivity index (χ0v) is 11.2. The van der Waals surface area contributed by atoms with Crippen molar-refractivity contribution in [2.75, 3.05) is 39.9 Å². The van der Waals surface area contributed by atoms with Gasteiger partial charge in [0.2, 0.25) is 0 Å². The Balaban J connectivity index is 2.36. The maximum atomic E-state index is 5.64. The van der Waals surface area contributed by atoms with Crippen LogP contribution in [0.4, 0.5) is 0 Å². The minimum atomic E-state index is 0.263. The van der Waals surface area contributed by atoms with Gasteiger partial charge in [-0.05, 0) is 38.3 Å². The van der Waals surface area contributed by atoms with Gasteiger partial charge in [0.05, 0.1) is 6.61 Å². The molecule has 0 aromatic carbocycles. The summed E-state index contributed by atoms with van der Waals surface area (Å²) in [4.78, 5) is 2.59. The molecule has 0 aromatic rings. The minimum Gasteiger partial charge on any atom is -0.384 e. The highest BCUT2D eigenvalue weighted by atomic mass is 16.5. The Morgan fingerprint density at radius 2 is 2.19 bits per heavy atom. The molecule has 1 saturated heterocycles. The van der Waals surface area contributed by atoms with E-state index in [0.717, 1.165) is 25.6 Å². The molecule has 1 atom stereocenters. The Labute approximate surface area is 100 Å². The number of piperidine rings is 1. The van der Waals surface area contributed by atoms with E-state index in [2.05, 4.69) is 18.7 Å². The number of likely N-dealkylation sites (tertiary alicyclic amines) is 1. The highest BCUT2D eigenvalue weighted by molar-refractivity contribution is 4.79. The lowest BCUT2D eigenvalue weighted by Crippen LogP contribution is -2.43. The molecule has 0 spiro atoms. The topological polar surface area (TPSA) is 38.5 Å². The van der Waals surface area contributed by atoms with Gasteiger partial charge in [-0.2, -0.15) is 0 Å². The normalized spacial score (nSPS) is 23.6. The number of hydrogen-bond donors (Lipinski definition) is 1. The van der Waals surface area contributed by atoms with E-state index in [4.69, 9.17) is 10.5 Å². The molecule has 1 aliphatic rings. The molecule has 0 aromatic heterocycles. The summed E-state index contributed by atoms with van der Waals surface area (Å²) in [5.74, 6) is 0.817. The van der Waals surface area contributed by atoms with Crippen molar-refractivity contribution in [1.82, 2.24) is 4.90 Å². The fourth-order valence-corrected chi connectivity index (χ4v) is 2.81. The molecule has 3 nitrogen and oxygen atoms in total. The lowest BCUT2D eigenvalue weighted by atomic mass is 9.90. The highest BCUT2D eigenvalue weighted by Gasteiger charge is 2.25. The van der Waals surface area contributed by atoms with Crippen LogP contribution in [0, 0.1) is 11.3 Å². The Kier molecular flexibility index (Phi) is 5.73. The fraction of sp³-hybridized carbons (Fsp3) is 1.00. The van der Waals surface area contributed by atoms with Crippen molar-refractivity contribution in [1.29, 1.82) is 0 Å². The van der Waals surface area contributed by atoms with Gasteiger partial charge in [-0.25, -0.2) is 0 Å². The Morgan fingerprint density at radius 1 is 1.44 bits per heavy atom. The maximum absolute atomic E-state index is 5.64. The second kappa shape index (κ2) is 6.58. The van der Waals surface area contributed by atoms with E-state index in [0.29, 0.717) is 0 Å². The molecular weight excluding hydrogens is 200 g/mol. The zero-order chi connectivity index (χ0) is 12.0. The van der Waals surface area contributed by atoms with Crippen LogP contribution in [-0.2, 0) is 4.74 Å². The van der Waals surface area contributed by atoms with E-state index in [1.807, 2.05) is 0 Å². The van der Waals surface area contributed by atoms with Crippen LogP contribution in [0.2, 0.25) is 0 Å². The van der Waals surface area contributed by atoms with Crippen LogP contribution in [0.1, 0.15) is 33.1 Å². The molecule has 1 aliphatic heterocycles. The monoisotopic (exact) mass is 228 g/mol. The molecule has 0 saturated carbocycles. The van der Waals surface area contributed by atoms with E-state index >= 15 is 0 Å². The first-order valence-corrected chi connectivity index (χ1v) is 6.49. The molecule has 2 N–H and O–H groups in total. The molecule has 0 aliphatic carbocycles. The van der Waals surface area contributed by atoms with Crippen molar-refractivity contribution < 1.29 is 4.74 Å². The fourth-order valence-electron chi connectivity index (χ4n) is 2.81. The molecule has 96 valence electrons. The first-order chi connectivity index (χ1) is 7.57. The molecule has 1 rings (SSSR count). The van der Waals surface area contributed by atoms with Crippen LogP contribution in [0.15, 0.2) is 0 Å². The first kappa shape index (κ1) is 13.9. The van der Waals surface area contributed by atoms with Crippen molar-refractivity contribution in [3.63, 3.8) is 0 Å². The molecule has 0 bridgehead atoms. The third-order valence-electron chi connectivity index (χ3n) is 3.36.